The number of benzene rings is 3. The molecule has 0 unspecified atom stereocenters. The van der Waals surface area contributed by atoms with Gasteiger partial charge in [-0.05, 0) is 55.3 Å². The molecule has 2 aliphatic rings. The van der Waals surface area contributed by atoms with Crippen molar-refractivity contribution in [3.8, 4) is 28.7 Å². The van der Waals surface area contributed by atoms with E-state index in [4.69, 9.17) is 29.8 Å². The van der Waals surface area contributed by atoms with Gasteiger partial charge in [0.2, 0.25) is 17.6 Å². The van der Waals surface area contributed by atoms with Crippen molar-refractivity contribution >= 4 is 34.1 Å². The van der Waals surface area contributed by atoms with Crippen LogP contribution in [0.5, 0.6) is 28.7 Å². The smallest absolute Gasteiger partial charge is 0.247 e. The number of hydrogen-bond acceptors (Lipinski definition) is 8. The van der Waals surface area contributed by atoms with Gasteiger partial charge in [-0.3, -0.25) is 19.5 Å². The lowest BCUT2D eigenvalue weighted by Crippen LogP contribution is -2.41. The molecular formula is C31H27F2N3O7. The van der Waals surface area contributed by atoms with Crippen LogP contribution < -0.4 is 29.6 Å². The summed E-state index contributed by atoms with van der Waals surface area (Å²) in [4.78, 5) is 31.3. The number of nitrogens with two attached hydrogens (primary N) is 1. The topological polar surface area (TPSA) is 133 Å². The van der Waals surface area contributed by atoms with Crippen LogP contribution in [0.2, 0.25) is 0 Å². The molecule has 1 aliphatic heterocycles. The Bertz CT molecular complexity index is 1710. The van der Waals surface area contributed by atoms with Crippen molar-refractivity contribution in [2.45, 2.75) is 19.3 Å². The molecule has 0 radical (unpaired) electrons. The second-order valence-corrected chi connectivity index (χ2v) is 10.1. The number of halogens is 2. The van der Waals surface area contributed by atoms with E-state index in [2.05, 4.69) is 4.98 Å². The molecule has 4 aromatic rings. The maximum absolute atomic E-state index is 15.7. The molecule has 0 atom stereocenters. The Hall–Kier alpha value is -4.97. The molecule has 0 bridgehead atoms. The molecule has 43 heavy (non-hydrogen) atoms. The largest absolute Gasteiger partial charge is 0.489 e. The molecular weight excluding hydrogens is 564 g/mol. The van der Waals surface area contributed by atoms with Gasteiger partial charge in [0.05, 0.1) is 23.2 Å². The van der Waals surface area contributed by atoms with Crippen molar-refractivity contribution in [3.63, 3.8) is 0 Å². The molecule has 1 aliphatic carbocycles. The zero-order valence-electron chi connectivity index (χ0n) is 22.8. The average Bonchev–Trinajstić information content (AvgIpc) is 3.82. The van der Waals surface area contributed by atoms with Crippen LogP contribution in [0.25, 0.3) is 10.9 Å². The molecule has 0 spiro atoms. The number of rotatable bonds is 10. The summed E-state index contributed by atoms with van der Waals surface area (Å²) in [6, 6.07) is 12.2. The molecule has 2 amide bonds. The van der Waals surface area contributed by atoms with Crippen LogP contribution in [-0.4, -0.2) is 48.3 Å². The Balaban J connectivity index is 1.36. The number of ether oxygens (including phenoxy) is 4. The molecule has 1 aromatic heterocycles. The molecule has 10 nitrogen and oxygen atoms in total. The minimum absolute atomic E-state index is 0.0322. The lowest BCUT2D eigenvalue weighted by atomic mass is 10.0. The number of amides is 2. The van der Waals surface area contributed by atoms with Crippen LogP contribution >= 0.6 is 0 Å². The van der Waals surface area contributed by atoms with Gasteiger partial charge in [-0.1, -0.05) is 0 Å². The fraction of sp³-hybridized carbons (Fsp3) is 0.258. The van der Waals surface area contributed by atoms with E-state index >= 15 is 4.39 Å². The van der Waals surface area contributed by atoms with Crippen LogP contribution in [0.1, 0.15) is 19.3 Å². The van der Waals surface area contributed by atoms with Gasteiger partial charge in [0.25, 0.3) is 0 Å². The normalized spacial score (nSPS) is 14.7. The fourth-order valence-electron chi connectivity index (χ4n) is 4.92. The van der Waals surface area contributed by atoms with Crippen molar-refractivity contribution in [2.24, 2.45) is 11.1 Å². The van der Waals surface area contributed by atoms with E-state index in [0.717, 1.165) is 23.1 Å². The number of carbonyl (C=O) groups is 2. The highest BCUT2D eigenvalue weighted by Gasteiger charge is 2.57. The van der Waals surface area contributed by atoms with Crippen molar-refractivity contribution in [1.82, 2.24) is 4.98 Å². The molecule has 6 rings (SSSR count). The van der Waals surface area contributed by atoms with Gasteiger partial charge in [0, 0.05) is 37.0 Å². The first-order chi connectivity index (χ1) is 20.8. The van der Waals surface area contributed by atoms with Crippen molar-refractivity contribution in [1.29, 1.82) is 0 Å². The molecule has 1 saturated carbocycles. The summed E-state index contributed by atoms with van der Waals surface area (Å²) in [5.74, 6) is -1.57. The Morgan fingerprint density at radius 3 is 2.35 bits per heavy atom. The van der Waals surface area contributed by atoms with E-state index in [1.807, 2.05) is 0 Å². The van der Waals surface area contributed by atoms with Crippen molar-refractivity contribution < 1.29 is 42.4 Å². The van der Waals surface area contributed by atoms with Crippen molar-refractivity contribution in [3.05, 3.63) is 72.4 Å². The lowest BCUT2D eigenvalue weighted by molar-refractivity contribution is -0.133. The summed E-state index contributed by atoms with van der Waals surface area (Å²) in [7, 11) is 0. The Morgan fingerprint density at radius 1 is 0.953 bits per heavy atom. The number of aromatic nitrogens is 1. The number of aliphatic hydroxyl groups excluding tert-OH is 1. The number of pyridine rings is 1. The Morgan fingerprint density at radius 2 is 1.67 bits per heavy atom. The Labute approximate surface area is 244 Å². The molecule has 12 heteroatoms. The number of anilines is 2. The lowest BCUT2D eigenvalue weighted by Gasteiger charge is -2.27. The zero-order valence-corrected chi connectivity index (χ0v) is 22.8. The van der Waals surface area contributed by atoms with Crippen LogP contribution in [0.4, 0.5) is 20.2 Å². The van der Waals surface area contributed by atoms with Gasteiger partial charge in [0.15, 0.2) is 23.1 Å². The summed E-state index contributed by atoms with van der Waals surface area (Å²) in [6.45, 7) is 0.778. The molecule has 2 heterocycles. The number of carbonyl (C=O) groups excluding carboxylic acids is 2. The summed E-state index contributed by atoms with van der Waals surface area (Å²) in [5.41, 5.74) is 4.94. The zero-order chi connectivity index (χ0) is 30.1. The first-order valence-corrected chi connectivity index (χ1v) is 13.6. The second kappa shape index (κ2) is 11.4. The summed E-state index contributed by atoms with van der Waals surface area (Å²) >= 11 is 0. The minimum atomic E-state index is -1.40. The van der Waals surface area contributed by atoms with Crippen LogP contribution in [0.15, 0.2) is 60.8 Å². The minimum Gasteiger partial charge on any atom is -0.489 e. The predicted molar refractivity (Wildman–Crippen MR) is 151 cm³/mol. The summed E-state index contributed by atoms with van der Waals surface area (Å²) < 4.78 is 52.9. The summed E-state index contributed by atoms with van der Waals surface area (Å²) in [6.07, 6.45) is 2.45. The van der Waals surface area contributed by atoms with Crippen molar-refractivity contribution in [2.75, 3.05) is 31.3 Å². The molecule has 222 valence electrons. The highest BCUT2D eigenvalue weighted by molar-refractivity contribution is 6.16. The first-order valence-electron chi connectivity index (χ1n) is 13.6. The van der Waals surface area contributed by atoms with Gasteiger partial charge in [0.1, 0.15) is 30.2 Å². The van der Waals surface area contributed by atoms with Gasteiger partial charge in [-0.2, -0.15) is 0 Å². The number of hydrogen-bond donors (Lipinski definition) is 2. The van der Waals surface area contributed by atoms with E-state index < -0.39 is 28.9 Å². The maximum Gasteiger partial charge on any atom is 0.247 e. The maximum atomic E-state index is 15.7. The van der Waals surface area contributed by atoms with E-state index in [0.29, 0.717) is 41.2 Å². The third kappa shape index (κ3) is 5.25. The van der Waals surface area contributed by atoms with E-state index in [-0.39, 0.29) is 55.5 Å². The van der Waals surface area contributed by atoms with E-state index in [1.165, 1.54) is 30.5 Å². The third-order valence-corrected chi connectivity index (χ3v) is 7.32. The third-order valence-electron chi connectivity index (χ3n) is 7.32. The Kier molecular flexibility index (Phi) is 7.45. The average molecular weight is 592 g/mol. The SMILES string of the molecule is NC(=O)C1(C(=O)N(c2ccc(F)cc2)c2ccc(Oc3ccnc4cc(OCCCO)c5c(c34)OCCO5)c(F)c2)CC1. The predicted octanol–water partition coefficient (Wildman–Crippen LogP) is 4.77. The summed E-state index contributed by atoms with van der Waals surface area (Å²) in [5, 5.41) is 9.55. The standard InChI is InChI=1S/C31H27F2N3O7/c32-18-2-4-19(5-3-18)36(30(39)31(9-10-31)29(34)38)20-6-7-23(21(33)16-20)43-24-8-11-35-22-17-25(40-13-1-12-37)27-28(26(22)24)42-15-14-41-27/h2-8,11,16-17,37H,1,9-10,12-15H2,(H2,34,38). The monoisotopic (exact) mass is 591 g/mol. The van der Waals surface area contributed by atoms with Gasteiger partial charge >= 0.3 is 0 Å². The molecule has 3 aromatic carbocycles. The molecule has 0 saturated heterocycles. The second-order valence-electron chi connectivity index (χ2n) is 10.1. The van der Waals surface area contributed by atoms with Gasteiger partial charge < -0.3 is 29.8 Å². The highest BCUT2D eigenvalue weighted by atomic mass is 19.1. The number of aliphatic hydroxyl groups is 1. The quantitative estimate of drug-likeness (QED) is 0.199. The van der Waals surface area contributed by atoms with Crippen LogP contribution in [0.3, 0.4) is 0 Å². The molecule has 3 N–H and O–H groups in total. The van der Waals surface area contributed by atoms with Gasteiger partial charge in [-0.25, -0.2) is 8.78 Å². The highest BCUT2D eigenvalue weighted by Crippen LogP contribution is 2.50. The number of nitrogens with zero attached hydrogens (tertiary/aromatic N) is 2. The number of primary amides is 1. The fourth-order valence-corrected chi connectivity index (χ4v) is 4.92. The van der Waals surface area contributed by atoms with Gasteiger partial charge in [-0.15, -0.1) is 0 Å². The van der Waals surface area contributed by atoms with E-state index in [9.17, 15) is 14.0 Å². The molecule has 1 fully saturated rings. The first kappa shape index (κ1) is 28.2. The van der Waals surface area contributed by atoms with Crippen LogP contribution in [0, 0.1) is 17.0 Å². The van der Waals surface area contributed by atoms with Crippen LogP contribution in [-0.2, 0) is 9.59 Å². The number of fused-ring (bicyclic) bond motifs is 3. The van der Waals surface area contributed by atoms with E-state index in [1.54, 1.807) is 12.1 Å².